The average Bonchev–Trinajstić information content (AvgIpc) is 3.46. The number of thiazole rings is 1. The van der Waals surface area contributed by atoms with Gasteiger partial charge < -0.3 is 14.6 Å². The molecule has 1 aromatic carbocycles. The van der Waals surface area contributed by atoms with Gasteiger partial charge in [-0.05, 0) is 37.1 Å². The van der Waals surface area contributed by atoms with Crippen LogP contribution >= 0.6 is 11.3 Å². The van der Waals surface area contributed by atoms with Gasteiger partial charge in [0, 0.05) is 38.1 Å². The SMILES string of the molecule is CN(C)c1ccc(S(=O)(=O)N2CCCCC2)cc1NC(=O)c1csc(-c2ccoc2)n1. The van der Waals surface area contributed by atoms with Crippen LogP contribution in [0.5, 0.6) is 0 Å². The molecule has 2 aromatic heterocycles. The van der Waals surface area contributed by atoms with E-state index in [0.717, 1.165) is 24.8 Å². The van der Waals surface area contributed by atoms with Crippen LogP contribution in [0, 0.1) is 0 Å². The summed E-state index contributed by atoms with van der Waals surface area (Å²) in [5, 5.41) is 5.18. The highest BCUT2D eigenvalue weighted by molar-refractivity contribution is 7.89. The Balaban J connectivity index is 1.62. The summed E-state index contributed by atoms with van der Waals surface area (Å²) >= 11 is 1.34. The number of carbonyl (C=O) groups excluding carboxylic acids is 1. The molecule has 0 bridgehead atoms. The molecule has 3 aromatic rings. The van der Waals surface area contributed by atoms with Gasteiger partial charge in [0.1, 0.15) is 17.0 Å². The molecule has 1 fully saturated rings. The Bertz CT molecular complexity index is 1160. The third kappa shape index (κ3) is 4.51. The topological polar surface area (TPSA) is 95.8 Å². The summed E-state index contributed by atoms with van der Waals surface area (Å²) in [4.78, 5) is 19.2. The van der Waals surface area contributed by atoms with Crippen LogP contribution in [0.4, 0.5) is 11.4 Å². The minimum atomic E-state index is -3.61. The summed E-state index contributed by atoms with van der Waals surface area (Å²) < 4.78 is 32.8. The van der Waals surface area contributed by atoms with Crippen molar-refractivity contribution in [1.82, 2.24) is 9.29 Å². The number of nitrogens with zero attached hydrogens (tertiary/aromatic N) is 3. The van der Waals surface area contributed by atoms with Crippen molar-refractivity contribution in [3.05, 3.63) is 47.9 Å². The van der Waals surface area contributed by atoms with E-state index in [1.54, 1.807) is 36.1 Å². The van der Waals surface area contributed by atoms with Crippen LogP contribution < -0.4 is 10.2 Å². The van der Waals surface area contributed by atoms with Gasteiger partial charge in [0.05, 0.1) is 22.5 Å². The first-order valence-electron chi connectivity index (χ1n) is 9.97. The maximum Gasteiger partial charge on any atom is 0.275 e. The maximum atomic E-state index is 13.1. The molecule has 1 saturated heterocycles. The molecule has 164 valence electrons. The largest absolute Gasteiger partial charge is 0.472 e. The summed E-state index contributed by atoms with van der Waals surface area (Å²) in [6.45, 7) is 1.05. The number of hydrogen-bond acceptors (Lipinski definition) is 7. The summed E-state index contributed by atoms with van der Waals surface area (Å²) in [6.07, 6.45) is 5.89. The van der Waals surface area contributed by atoms with Crippen LogP contribution in [0.3, 0.4) is 0 Å². The van der Waals surface area contributed by atoms with Crippen molar-refractivity contribution in [2.45, 2.75) is 24.2 Å². The number of sulfonamides is 1. The van der Waals surface area contributed by atoms with Gasteiger partial charge in [-0.15, -0.1) is 11.3 Å². The number of amides is 1. The number of anilines is 2. The lowest BCUT2D eigenvalue weighted by molar-refractivity contribution is 0.102. The highest BCUT2D eigenvalue weighted by Crippen LogP contribution is 2.31. The van der Waals surface area contributed by atoms with Crippen molar-refractivity contribution in [3.8, 4) is 10.6 Å². The molecular weight excluding hydrogens is 436 g/mol. The minimum absolute atomic E-state index is 0.174. The van der Waals surface area contributed by atoms with E-state index in [-0.39, 0.29) is 10.6 Å². The van der Waals surface area contributed by atoms with Crippen LogP contribution in [-0.2, 0) is 10.0 Å². The third-order valence-electron chi connectivity index (χ3n) is 5.16. The molecule has 4 rings (SSSR count). The Labute approximate surface area is 185 Å². The molecule has 3 heterocycles. The Morgan fingerprint density at radius 3 is 2.65 bits per heavy atom. The zero-order chi connectivity index (χ0) is 22.0. The zero-order valence-corrected chi connectivity index (χ0v) is 19.0. The van der Waals surface area contributed by atoms with Crippen molar-refractivity contribution in [1.29, 1.82) is 0 Å². The summed E-state index contributed by atoms with van der Waals surface area (Å²) in [5.74, 6) is -0.401. The summed E-state index contributed by atoms with van der Waals surface area (Å²) in [7, 11) is 0.0605. The van der Waals surface area contributed by atoms with Gasteiger partial charge in [0.15, 0.2) is 0 Å². The Hall–Kier alpha value is -2.69. The highest BCUT2D eigenvalue weighted by atomic mass is 32.2. The second kappa shape index (κ2) is 8.81. The van der Waals surface area contributed by atoms with Crippen LogP contribution in [0.25, 0.3) is 10.6 Å². The normalized spacial score (nSPS) is 15.0. The predicted octanol–water partition coefficient (Wildman–Crippen LogP) is 3.90. The van der Waals surface area contributed by atoms with Gasteiger partial charge in [0.2, 0.25) is 10.0 Å². The van der Waals surface area contributed by atoms with E-state index in [4.69, 9.17) is 4.42 Å². The molecule has 0 spiro atoms. The molecule has 1 N–H and O–H groups in total. The van der Waals surface area contributed by atoms with Crippen molar-refractivity contribution < 1.29 is 17.6 Å². The third-order valence-corrected chi connectivity index (χ3v) is 7.94. The maximum absolute atomic E-state index is 13.1. The van der Waals surface area contributed by atoms with E-state index in [9.17, 15) is 13.2 Å². The molecular formula is C21H24N4O4S2. The number of aromatic nitrogens is 1. The van der Waals surface area contributed by atoms with Crippen molar-refractivity contribution in [2.75, 3.05) is 37.4 Å². The molecule has 10 heteroatoms. The smallest absolute Gasteiger partial charge is 0.275 e. The summed E-state index contributed by atoms with van der Waals surface area (Å²) in [5.41, 5.74) is 2.19. The van der Waals surface area contributed by atoms with E-state index in [1.165, 1.54) is 21.7 Å². The molecule has 31 heavy (non-hydrogen) atoms. The van der Waals surface area contributed by atoms with Gasteiger partial charge >= 0.3 is 0 Å². The minimum Gasteiger partial charge on any atom is -0.472 e. The fourth-order valence-corrected chi connectivity index (χ4v) is 5.83. The van der Waals surface area contributed by atoms with E-state index in [0.29, 0.717) is 29.5 Å². The molecule has 0 aliphatic carbocycles. The van der Waals surface area contributed by atoms with Crippen LogP contribution in [0.2, 0.25) is 0 Å². The molecule has 0 atom stereocenters. The van der Waals surface area contributed by atoms with E-state index >= 15 is 0 Å². The van der Waals surface area contributed by atoms with Gasteiger partial charge in [-0.25, -0.2) is 13.4 Å². The molecule has 0 radical (unpaired) electrons. The number of rotatable bonds is 6. The number of benzene rings is 1. The van der Waals surface area contributed by atoms with Crippen molar-refractivity contribution >= 4 is 38.6 Å². The lowest BCUT2D eigenvalue weighted by Crippen LogP contribution is -2.35. The molecule has 1 aliphatic heterocycles. The van der Waals surface area contributed by atoms with Crippen LogP contribution in [0.15, 0.2) is 51.5 Å². The molecule has 8 nitrogen and oxygen atoms in total. The van der Waals surface area contributed by atoms with E-state index in [2.05, 4.69) is 10.3 Å². The van der Waals surface area contributed by atoms with Gasteiger partial charge in [-0.1, -0.05) is 6.42 Å². The van der Waals surface area contributed by atoms with E-state index < -0.39 is 15.9 Å². The lowest BCUT2D eigenvalue weighted by Gasteiger charge is -2.26. The van der Waals surface area contributed by atoms with Crippen molar-refractivity contribution in [3.63, 3.8) is 0 Å². The number of piperidine rings is 1. The first kappa shape index (κ1) is 21.5. The standard InChI is InChI=1S/C21H24N4O4S2/c1-24(2)19-7-6-16(31(27,28)25-9-4-3-5-10-25)12-17(19)22-20(26)18-14-30-21(23-18)15-8-11-29-13-15/h6-8,11-14H,3-5,9-10H2,1-2H3,(H,22,26). The number of carbonyl (C=O) groups is 1. The monoisotopic (exact) mass is 460 g/mol. The Morgan fingerprint density at radius 2 is 1.97 bits per heavy atom. The second-order valence-corrected chi connectivity index (χ2v) is 10.3. The Kier molecular flexibility index (Phi) is 6.12. The first-order chi connectivity index (χ1) is 14.9. The number of hydrogen-bond donors (Lipinski definition) is 1. The quantitative estimate of drug-likeness (QED) is 0.599. The highest BCUT2D eigenvalue weighted by Gasteiger charge is 2.27. The first-order valence-corrected chi connectivity index (χ1v) is 12.3. The molecule has 1 aliphatic rings. The van der Waals surface area contributed by atoms with Gasteiger partial charge in [-0.3, -0.25) is 4.79 Å². The predicted molar refractivity (Wildman–Crippen MR) is 121 cm³/mol. The second-order valence-electron chi connectivity index (χ2n) is 7.54. The molecule has 0 unspecified atom stereocenters. The number of nitrogens with one attached hydrogen (secondary N) is 1. The van der Waals surface area contributed by atoms with Crippen LogP contribution in [0.1, 0.15) is 29.8 Å². The fraction of sp³-hybridized carbons (Fsp3) is 0.333. The number of furan rings is 1. The molecule has 1 amide bonds. The molecule has 0 saturated carbocycles. The van der Waals surface area contributed by atoms with Crippen LogP contribution in [-0.4, -0.2) is 50.8 Å². The lowest BCUT2D eigenvalue weighted by atomic mass is 10.2. The average molecular weight is 461 g/mol. The van der Waals surface area contributed by atoms with Gasteiger partial charge in [0.25, 0.3) is 5.91 Å². The Morgan fingerprint density at radius 1 is 1.19 bits per heavy atom. The van der Waals surface area contributed by atoms with Gasteiger partial charge in [-0.2, -0.15) is 4.31 Å². The van der Waals surface area contributed by atoms with Crippen molar-refractivity contribution in [2.24, 2.45) is 0 Å². The zero-order valence-electron chi connectivity index (χ0n) is 17.4. The fourth-order valence-electron chi connectivity index (χ4n) is 3.50. The van der Waals surface area contributed by atoms with E-state index in [1.807, 2.05) is 19.0 Å². The summed E-state index contributed by atoms with van der Waals surface area (Å²) in [6, 6.07) is 6.61.